The lowest BCUT2D eigenvalue weighted by Crippen LogP contribution is -2.48. The Morgan fingerprint density at radius 2 is 2.38 bits per heavy atom. The van der Waals surface area contributed by atoms with Crippen LogP contribution in [0.5, 0.6) is 0 Å². The summed E-state index contributed by atoms with van der Waals surface area (Å²) in [6.07, 6.45) is 10.7. The first-order valence-electron chi connectivity index (χ1n) is 6.19. The van der Waals surface area contributed by atoms with Crippen LogP contribution in [0.25, 0.3) is 0 Å². The average Bonchev–Trinajstić information content (AvgIpc) is 2.76. The highest BCUT2D eigenvalue weighted by Crippen LogP contribution is 2.51. The number of carbonyl (C=O) groups excluding carboxylic acids is 1. The number of fused-ring (bicyclic) bond motifs is 3. The van der Waals surface area contributed by atoms with E-state index in [1.165, 1.54) is 19.3 Å². The number of esters is 1. The average molecular weight is 217 g/mol. The van der Waals surface area contributed by atoms with Crippen LogP contribution in [-0.2, 0) is 9.53 Å². The Bertz CT molecular complexity index is 426. The summed E-state index contributed by atoms with van der Waals surface area (Å²) in [6, 6.07) is 0.923. The number of carbonyl (C=O) groups is 1. The van der Waals surface area contributed by atoms with E-state index in [0.717, 1.165) is 18.5 Å². The summed E-state index contributed by atoms with van der Waals surface area (Å²) in [5.41, 5.74) is 0.833. The molecule has 3 heterocycles. The number of nitrogens with zero attached hydrogens (tertiary/aromatic N) is 1. The molecule has 1 spiro atoms. The normalized spacial score (nSPS) is 45.0. The fourth-order valence-electron chi connectivity index (χ4n) is 3.94. The van der Waals surface area contributed by atoms with E-state index < -0.39 is 0 Å². The van der Waals surface area contributed by atoms with Crippen molar-refractivity contribution in [1.29, 1.82) is 0 Å². The van der Waals surface area contributed by atoms with Gasteiger partial charge in [0.05, 0.1) is 6.04 Å². The molecule has 2 bridgehead atoms. The predicted octanol–water partition coefficient (Wildman–Crippen LogP) is 1.41. The Hall–Kier alpha value is -1.09. The summed E-state index contributed by atoms with van der Waals surface area (Å²) in [5, 5.41) is 0. The van der Waals surface area contributed by atoms with Crippen LogP contribution in [0.3, 0.4) is 0 Å². The van der Waals surface area contributed by atoms with Gasteiger partial charge in [0.15, 0.2) is 5.60 Å². The highest BCUT2D eigenvalue weighted by Gasteiger charge is 2.59. The molecule has 3 atom stereocenters. The van der Waals surface area contributed by atoms with Crippen LogP contribution in [0.1, 0.15) is 25.7 Å². The first-order valence-corrected chi connectivity index (χ1v) is 6.19. The summed E-state index contributed by atoms with van der Waals surface area (Å²) >= 11 is 0. The second-order valence-corrected chi connectivity index (χ2v) is 5.29. The number of hydrogen-bond acceptors (Lipinski definition) is 3. The fraction of sp³-hybridized carbons (Fsp3) is 0.615. The van der Waals surface area contributed by atoms with E-state index in [2.05, 4.69) is 17.1 Å². The summed E-state index contributed by atoms with van der Waals surface area (Å²) in [5.74, 6) is -0.146. The molecule has 16 heavy (non-hydrogen) atoms. The van der Waals surface area contributed by atoms with Crippen molar-refractivity contribution < 1.29 is 9.53 Å². The molecule has 3 aliphatic heterocycles. The van der Waals surface area contributed by atoms with E-state index in [4.69, 9.17) is 4.74 Å². The van der Waals surface area contributed by atoms with Crippen molar-refractivity contribution in [2.75, 3.05) is 6.54 Å². The molecule has 4 rings (SSSR count). The predicted molar refractivity (Wildman–Crippen MR) is 58.8 cm³/mol. The molecule has 0 N–H and O–H groups in total. The molecule has 3 heteroatoms. The molecule has 0 radical (unpaired) electrons. The Labute approximate surface area is 94.8 Å². The molecule has 0 aromatic heterocycles. The largest absolute Gasteiger partial charge is 0.449 e. The quantitative estimate of drug-likeness (QED) is 0.574. The van der Waals surface area contributed by atoms with Gasteiger partial charge in [-0.2, -0.15) is 0 Å². The van der Waals surface area contributed by atoms with Gasteiger partial charge in [-0.1, -0.05) is 18.6 Å². The molecule has 0 aromatic carbocycles. The number of piperidine rings is 1. The van der Waals surface area contributed by atoms with Crippen LogP contribution in [0, 0.1) is 0 Å². The Kier molecular flexibility index (Phi) is 1.56. The molecule has 0 saturated carbocycles. The minimum absolute atomic E-state index is 0.146. The van der Waals surface area contributed by atoms with Crippen LogP contribution in [0.15, 0.2) is 23.8 Å². The van der Waals surface area contributed by atoms with Gasteiger partial charge in [0.25, 0.3) is 0 Å². The lowest BCUT2D eigenvalue weighted by atomic mass is 9.80. The SMILES string of the molecule is O=C1C=C2C=C[C@H]3CC2(O1)[C@H]1CCCCN31. The number of ether oxygens (including phenoxy) is 1. The van der Waals surface area contributed by atoms with Crippen molar-refractivity contribution in [3.8, 4) is 0 Å². The standard InChI is InChI=1S/C13H15NO2/c15-12-7-9-4-5-10-8-13(9,16-12)11-3-1-2-6-14(10)11/h4-5,7,10-11H,1-3,6,8H2/t10-,11+,13?/m0/s1. The molecule has 1 unspecified atom stereocenters. The van der Waals surface area contributed by atoms with Gasteiger partial charge in [0.2, 0.25) is 0 Å². The van der Waals surface area contributed by atoms with Crippen LogP contribution >= 0.6 is 0 Å². The van der Waals surface area contributed by atoms with Crippen LogP contribution in [0.4, 0.5) is 0 Å². The molecule has 0 aromatic rings. The van der Waals surface area contributed by atoms with Gasteiger partial charge in [0, 0.05) is 24.1 Å². The van der Waals surface area contributed by atoms with E-state index in [1.807, 2.05) is 0 Å². The van der Waals surface area contributed by atoms with Crippen molar-refractivity contribution >= 4 is 5.97 Å². The minimum Gasteiger partial charge on any atom is -0.449 e. The molecular formula is C13H15NO2. The lowest BCUT2D eigenvalue weighted by Gasteiger charge is -2.37. The first kappa shape index (κ1) is 8.99. The van der Waals surface area contributed by atoms with Gasteiger partial charge in [-0.15, -0.1) is 0 Å². The molecular weight excluding hydrogens is 202 g/mol. The summed E-state index contributed by atoms with van der Waals surface area (Å²) in [6.45, 7) is 1.16. The summed E-state index contributed by atoms with van der Waals surface area (Å²) in [4.78, 5) is 14.1. The highest BCUT2D eigenvalue weighted by atomic mass is 16.6. The van der Waals surface area contributed by atoms with E-state index in [0.29, 0.717) is 12.1 Å². The zero-order valence-electron chi connectivity index (χ0n) is 9.19. The molecule has 4 aliphatic rings. The van der Waals surface area contributed by atoms with Crippen LogP contribution in [0.2, 0.25) is 0 Å². The third-order valence-corrected chi connectivity index (χ3v) is 4.56. The van der Waals surface area contributed by atoms with Crippen LogP contribution < -0.4 is 0 Å². The lowest BCUT2D eigenvalue weighted by molar-refractivity contribution is -0.148. The molecule has 2 saturated heterocycles. The number of hydrogen-bond donors (Lipinski definition) is 0. The maximum Gasteiger partial charge on any atom is 0.332 e. The van der Waals surface area contributed by atoms with Gasteiger partial charge in [0.1, 0.15) is 0 Å². The Morgan fingerprint density at radius 1 is 1.44 bits per heavy atom. The zero-order valence-corrected chi connectivity index (χ0v) is 9.19. The summed E-state index contributed by atoms with van der Waals surface area (Å²) < 4.78 is 5.69. The molecule has 1 aliphatic carbocycles. The molecule has 0 amide bonds. The maximum atomic E-state index is 11.5. The Balaban J connectivity index is 1.84. The molecule has 84 valence electrons. The van der Waals surface area contributed by atoms with Crippen molar-refractivity contribution in [2.45, 2.75) is 43.4 Å². The van der Waals surface area contributed by atoms with E-state index in [-0.39, 0.29) is 11.6 Å². The van der Waals surface area contributed by atoms with Gasteiger partial charge in [-0.05, 0) is 19.4 Å². The van der Waals surface area contributed by atoms with Gasteiger partial charge in [-0.25, -0.2) is 4.79 Å². The molecule has 3 nitrogen and oxygen atoms in total. The topological polar surface area (TPSA) is 29.5 Å². The van der Waals surface area contributed by atoms with Crippen molar-refractivity contribution in [1.82, 2.24) is 4.90 Å². The van der Waals surface area contributed by atoms with Crippen molar-refractivity contribution in [2.24, 2.45) is 0 Å². The number of rotatable bonds is 0. The summed E-state index contributed by atoms with van der Waals surface area (Å²) in [7, 11) is 0. The third kappa shape index (κ3) is 0.908. The minimum atomic E-state index is -0.281. The third-order valence-electron chi connectivity index (χ3n) is 4.56. The van der Waals surface area contributed by atoms with Gasteiger partial charge in [-0.3, -0.25) is 4.90 Å². The fourth-order valence-corrected chi connectivity index (χ4v) is 3.94. The second kappa shape index (κ2) is 2.77. The van der Waals surface area contributed by atoms with Crippen LogP contribution in [-0.4, -0.2) is 35.1 Å². The zero-order chi connectivity index (χ0) is 10.8. The van der Waals surface area contributed by atoms with E-state index in [9.17, 15) is 4.79 Å². The monoisotopic (exact) mass is 217 g/mol. The first-order chi connectivity index (χ1) is 7.79. The Morgan fingerprint density at radius 3 is 3.31 bits per heavy atom. The smallest absolute Gasteiger partial charge is 0.332 e. The highest BCUT2D eigenvalue weighted by molar-refractivity contribution is 5.88. The second-order valence-electron chi connectivity index (χ2n) is 5.29. The van der Waals surface area contributed by atoms with Crippen molar-refractivity contribution in [3.63, 3.8) is 0 Å². The van der Waals surface area contributed by atoms with Gasteiger partial charge < -0.3 is 4.74 Å². The molecule has 2 fully saturated rings. The van der Waals surface area contributed by atoms with E-state index in [1.54, 1.807) is 6.08 Å². The van der Waals surface area contributed by atoms with E-state index >= 15 is 0 Å². The van der Waals surface area contributed by atoms with Crippen molar-refractivity contribution in [3.05, 3.63) is 23.8 Å². The van der Waals surface area contributed by atoms with Gasteiger partial charge >= 0.3 is 5.97 Å². The maximum absolute atomic E-state index is 11.5.